The van der Waals surface area contributed by atoms with Gasteiger partial charge in [0.05, 0.1) is 18.6 Å². The lowest BCUT2D eigenvalue weighted by Gasteiger charge is -2.04. The van der Waals surface area contributed by atoms with E-state index in [1.54, 1.807) is 24.5 Å². The SMILES string of the molecule is NNc1cncc(Oc2cccnc2)n1. The van der Waals surface area contributed by atoms with Gasteiger partial charge < -0.3 is 10.2 Å². The number of pyridine rings is 1. The molecule has 2 rings (SSSR count). The van der Waals surface area contributed by atoms with Crippen molar-refractivity contribution in [3.05, 3.63) is 36.9 Å². The van der Waals surface area contributed by atoms with Gasteiger partial charge in [-0.3, -0.25) is 9.97 Å². The highest BCUT2D eigenvalue weighted by Crippen LogP contribution is 2.17. The minimum Gasteiger partial charge on any atom is -0.436 e. The molecule has 0 bridgehead atoms. The van der Waals surface area contributed by atoms with E-state index in [-0.39, 0.29) is 0 Å². The van der Waals surface area contributed by atoms with E-state index in [0.717, 1.165) is 0 Å². The van der Waals surface area contributed by atoms with E-state index in [0.29, 0.717) is 17.4 Å². The van der Waals surface area contributed by atoms with Crippen LogP contribution in [0.4, 0.5) is 5.82 Å². The molecule has 0 radical (unpaired) electrons. The Balaban J connectivity index is 2.17. The van der Waals surface area contributed by atoms with E-state index in [4.69, 9.17) is 10.6 Å². The Morgan fingerprint density at radius 3 is 2.87 bits per heavy atom. The lowest BCUT2D eigenvalue weighted by atomic mass is 10.5. The van der Waals surface area contributed by atoms with Crippen molar-refractivity contribution in [1.82, 2.24) is 15.0 Å². The van der Waals surface area contributed by atoms with Crippen LogP contribution in [-0.4, -0.2) is 15.0 Å². The molecule has 2 aromatic heterocycles. The van der Waals surface area contributed by atoms with Gasteiger partial charge >= 0.3 is 0 Å². The van der Waals surface area contributed by atoms with Crippen LogP contribution < -0.4 is 16.0 Å². The van der Waals surface area contributed by atoms with E-state index in [9.17, 15) is 0 Å². The highest BCUT2D eigenvalue weighted by Gasteiger charge is 1.99. The minimum absolute atomic E-state index is 0.360. The molecule has 6 nitrogen and oxygen atoms in total. The number of rotatable bonds is 3. The molecule has 0 unspecified atom stereocenters. The first-order valence-electron chi connectivity index (χ1n) is 4.25. The molecule has 0 spiro atoms. The molecule has 0 aliphatic carbocycles. The Bertz CT molecular complexity index is 434. The van der Waals surface area contributed by atoms with Crippen LogP contribution in [0.2, 0.25) is 0 Å². The maximum atomic E-state index is 5.39. The molecular formula is C9H9N5O. The van der Waals surface area contributed by atoms with E-state index >= 15 is 0 Å². The number of nitrogens with zero attached hydrogens (tertiary/aromatic N) is 3. The molecule has 3 N–H and O–H groups in total. The standard InChI is InChI=1S/C9H9N5O/c10-14-8-5-12-6-9(13-8)15-7-2-1-3-11-4-7/h1-6H,10H2,(H,13,14). The summed E-state index contributed by atoms with van der Waals surface area (Å²) in [6, 6.07) is 3.55. The van der Waals surface area contributed by atoms with Crippen molar-refractivity contribution >= 4 is 5.82 Å². The molecule has 76 valence electrons. The highest BCUT2D eigenvalue weighted by molar-refractivity contribution is 5.32. The third-order valence-electron chi connectivity index (χ3n) is 1.62. The van der Waals surface area contributed by atoms with Crippen molar-refractivity contribution in [2.45, 2.75) is 0 Å². The van der Waals surface area contributed by atoms with Crippen molar-refractivity contribution in [3.8, 4) is 11.6 Å². The average Bonchev–Trinajstić information content (AvgIpc) is 2.31. The molecule has 0 aliphatic heterocycles. The van der Waals surface area contributed by atoms with Crippen molar-refractivity contribution < 1.29 is 4.74 Å². The second kappa shape index (κ2) is 4.34. The Morgan fingerprint density at radius 1 is 1.20 bits per heavy atom. The molecule has 15 heavy (non-hydrogen) atoms. The Hall–Kier alpha value is -2.21. The first-order valence-corrected chi connectivity index (χ1v) is 4.25. The van der Waals surface area contributed by atoms with Gasteiger partial charge in [0.25, 0.3) is 0 Å². The predicted octanol–water partition coefficient (Wildman–Crippen LogP) is 0.950. The largest absolute Gasteiger partial charge is 0.436 e. The monoisotopic (exact) mass is 203 g/mol. The fourth-order valence-corrected chi connectivity index (χ4v) is 0.995. The van der Waals surface area contributed by atoms with Gasteiger partial charge in [-0.15, -0.1) is 0 Å². The van der Waals surface area contributed by atoms with Crippen molar-refractivity contribution in [3.63, 3.8) is 0 Å². The van der Waals surface area contributed by atoms with E-state index in [1.807, 2.05) is 0 Å². The van der Waals surface area contributed by atoms with E-state index in [1.165, 1.54) is 12.4 Å². The molecular weight excluding hydrogens is 194 g/mol. The number of anilines is 1. The summed E-state index contributed by atoms with van der Waals surface area (Å²) in [6.45, 7) is 0. The molecule has 0 aliphatic rings. The zero-order chi connectivity index (χ0) is 10.5. The van der Waals surface area contributed by atoms with Gasteiger partial charge in [0.1, 0.15) is 5.75 Å². The molecule has 0 saturated carbocycles. The smallest absolute Gasteiger partial charge is 0.239 e. The molecule has 0 atom stereocenters. The Labute approximate surface area is 86.1 Å². The summed E-state index contributed by atoms with van der Waals surface area (Å²) in [5.74, 6) is 6.59. The summed E-state index contributed by atoms with van der Waals surface area (Å²) in [5, 5.41) is 0. The Kier molecular flexibility index (Phi) is 2.70. The van der Waals surface area contributed by atoms with Crippen LogP contribution in [0.5, 0.6) is 11.6 Å². The van der Waals surface area contributed by atoms with Crippen LogP contribution in [0.1, 0.15) is 0 Å². The molecule has 0 amide bonds. The van der Waals surface area contributed by atoms with Crippen molar-refractivity contribution in [2.24, 2.45) is 5.84 Å². The van der Waals surface area contributed by atoms with Crippen LogP contribution in [0, 0.1) is 0 Å². The van der Waals surface area contributed by atoms with Gasteiger partial charge in [-0.25, -0.2) is 5.84 Å². The van der Waals surface area contributed by atoms with Crippen LogP contribution in [-0.2, 0) is 0 Å². The number of aromatic nitrogens is 3. The first-order chi connectivity index (χ1) is 7.38. The van der Waals surface area contributed by atoms with Gasteiger partial charge in [0, 0.05) is 6.20 Å². The first kappa shape index (κ1) is 9.35. The van der Waals surface area contributed by atoms with Crippen LogP contribution in [0.3, 0.4) is 0 Å². The molecule has 2 aromatic rings. The van der Waals surface area contributed by atoms with Crippen molar-refractivity contribution in [1.29, 1.82) is 0 Å². The summed E-state index contributed by atoms with van der Waals surface area (Å²) in [4.78, 5) is 11.8. The third kappa shape index (κ3) is 2.38. The summed E-state index contributed by atoms with van der Waals surface area (Å²) >= 11 is 0. The number of hydrogen-bond acceptors (Lipinski definition) is 6. The van der Waals surface area contributed by atoms with Crippen LogP contribution >= 0.6 is 0 Å². The fraction of sp³-hybridized carbons (Fsp3) is 0. The molecule has 6 heteroatoms. The highest BCUT2D eigenvalue weighted by atomic mass is 16.5. The van der Waals surface area contributed by atoms with Crippen LogP contribution in [0.25, 0.3) is 0 Å². The van der Waals surface area contributed by atoms with Crippen LogP contribution in [0.15, 0.2) is 36.9 Å². The summed E-state index contributed by atoms with van der Waals surface area (Å²) in [5.41, 5.74) is 2.38. The maximum absolute atomic E-state index is 5.39. The van der Waals surface area contributed by atoms with E-state index < -0.39 is 0 Å². The predicted molar refractivity (Wildman–Crippen MR) is 54.2 cm³/mol. The zero-order valence-electron chi connectivity index (χ0n) is 7.79. The number of nitrogens with one attached hydrogen (secondary N) is 1. The molecule has 0 aromatic carbocycles. The quantitative estimate of drug-likeness (QED) is 0.570. The van der Waals surface area contributed by atoms with Crippen molar-refractivity contribution in [2.75, 3.05) is 5.43 Å². The number of hydrazine groups is 1. The minimum atomic E-state index is 0.360. The van der Waals surface area contributed by atoms with Gasteiger partial charge in [-0.1, -0.05) is 0 Å². The summed E-state index contributed by atoms with van der Waals surface area (Å²) < 4.78 is 5.39. The second-order valence-corrected chi connectivity index (χ2v) is 2.68. The molecule has 0 fully saturated rings. The maximum Gasteiger partial charge on any atom is 0.239 e. The Morgan fingerprint density at radius 2 is 2.13 bits per heavy atom. The number of nitrogens with two attached hydrogens (primary N) is 1. The lowest BCUT2D eigenvalue weighted by molar-refractivity contribution is 0.459. The lowest BCUT2D eigenvalue weighted by Crippen LogP contribution is -2.08. The summed E-state index contributed by atoms with van der Waals surface area (Å²) in [7, 11) is 0. The van der Waals surface area contributed by atoms with Gasteiger partial charge in [-0.05, 0) is 12.1 Å². The normalized spacial score (nSPS) is 9.67. The number of nitrogen functional groups attached to an aromatic ring is 1. The van der Waals surface area contributed by atoms with Gasteiger partial charge in [0.2, 0.25) is 5.88 Å². The third-order valence-corrected chi connectivity index (χ3v) is 1.62. The number of ether oxygens (including phenoxy) is 1. The average molecular weight is 203 g/mol. The fourth-order valence-electron chi connectivity index (χ4n) is 0.995. The summed E-state index contributed by atoms with van der Waals surface area (Å²) in [6.07, 6.45) is 6.24. The van der Waals surface area contributed by atoms with Gasteiger partial charge in [-0.2, -0.15) is 4.98 Å². The molecule has 0 saturated heterocycles. The topological polar surface area (TPSA) is 86.0 Å². The van der Waals surface area contributed by atoms with Gasteiger partial charge in [0.15, 0.2) is 5.82 Å². The zero-order valence-corrected chi connectivity index (χ0v) is 7.79. The second-order valence-electron chi connectivity index (χ2n) is 2.68. The molecule has 2 heterocycles. The van der Waals surface area contributed by atoms with E-state index in [2.05, 4.69) is 20.4 Å². The number of hydrogen-bond donors (Lipinski definition) is 2.